The number of thiophene rings is 1. The third-order valence-electron chi connectivity index (χ3n) is 3.60. The Hall–Kier alpha value is -2.70. The smallest absolute Gasteiger partial charge is 0.416 e. The van der Waals surface area contributed by atoms with Gasteiger partial charge in [0.25, 0.3) is 5.56 Å². The number of benzene rings is 1. The Morgan fingerprint density at radius 1 is 1.14 bits per heavy atom. The fraction of sp³-hybridized carbons (Fsp3) is 0.176. The van der Waals surface area contributed by atoms with Gasteiger partial charge in [-0.1, -0.05) is 6.07 Å². The maximum Gasteiger partial charge on any atom is 0.416 e. The lowest BCUT2D eigenvalue weighted by Crippen LogP contribution is -2.27. The van der Waals surface area contributed by atoms with Gasteiger partial charge in [-0.3, -0.25) is 4.79 Å². The van der Waals surface area contributed by atoms with Crippen molar-refractivity contribution in [2.75, 3.05) is 13.2 Å². The van der Waals surface area contributed by atoms with Crippen LogP contribution in [-0.2, 0) is 16.2 Å². The van der Waals surface area contributed by atoms with Gasteiger partial charge >= 0.3 is 6.18 Å². The second-order valence-electron chi connectivity index (χ2n) is 5.70. The van der Waals surface area contributed by atoms with E-state index in [-0.39, 0.29) is 28.7 Å². The minimum absolute atomic E-state index is 0.0124. The van der Waals surface area contributed by atoms with Crippen molar-refractivity contribution in [3.63, 3.8) is 0 Å². The molecule has 2 aromatic heterocycles. The number of nitrogens with one attached hydrogen (secondary N) is 2. The summed E-state index contributed by atoms with van der Waals surface area (Å²) in [6, 6.07) is 10.0. The van der Waals surface area contributed by atoms with Gasteiger partial charge in [-0.15, -0.1) is 11.3 Å². The fourth-order valence-electron chi connectivity index (χ4n) is 2.26. The van der Waals surface area contributed by atoms with Crippen molar-refractivity contribution in [1.82, 2.24) is 14.9 Å². The van der Waals surface area contributed by atoms with Crippen molar-refractivity contribution in [2.24, 2.45) is 0 Å². The molecule has 0 saturated heterocycles. The van der Waals surface area contributed by atoms with Crippen LogP contribution in [0.4, 0.5) is 13.2 Å². The lowest BCUT2D eigenvalue weighted by atomic mass is 10.2. The summed E-state index contributed by atoms with van der Waals surface area (Å²) in [5.74, 6) is -0.0124. The highest BCUT2D eigenvalue weighted by Gasteiger charge is 2.30. The zero-order valence-electron chi connectivity index (χ0n) is 14.6. The van der Waals surface area contributed by atoms with Crippen molar-refractivity contribution in [2.45, 2.75) is 10.4 Å². The number of sulfonamides is 1. The number of nitrogens with zero attached hydrogens (tertiary/aromatic N) is 1. The first-order valence-electron chi connectivity index (χ1n) is 8.11. The highest BCUT2D eigenvalue weighted by molar-refractivity contribution is 7.91. The van der Waals surface area contributed by atoms with Gasteiger partial charge in [0.2, 0.25) is 10.0 Å². The summed E-state index contributed by atoms with van der Waals surface area (Å²) in [6.45, 7) is -0.289. The van der Waals surface area contributed by atoms with Gasteiger partial charge in [-0.25, -0.2) is 18.2 Å². The van der Waals surface area contributed by atoms with Crippen molar-refractivity contribution < 1.29 is 26.3 Å². The highest BCUT2D eigenvalue weighted by atomic mass is 32.2. The molecule has 3 aromatic rings. The molecule has 154 valence electrons. The SMILES string of the molecule is O=c1ccc(-c2ccc(S(=O)(=O)NCCOc3cccc(C(F)(F)F)c3)s2)n[nH]1. The number of hydrogen-bond acceptors (Lipinski definition) is 6. The number of hydrogen-bond donors (Lipinski definition) is 2. The quantitative estimate of drug-likeness (QED) is 0.545. The minimum atomic E-state index is -4.49. The maximum atomic E-state index is 12.7. The first kappa shape index (κ1) is 21.0. The molecular formula is C17H14F3N3O4S2. The van der Waals surface area contributed by atoms with Gasteiger partial charge in [-0.2, -0.15) is 18.3 Å². The number of halogens is 3. The van der Waals surface area contributed by atoms with Crippen LogP contribution in [0.3, 0.4) is 0 Å². The Balaban J connectivity index is 1.58. The molecule has 2 heterocycles. The van der Waals surface area contributed by atoms with Gasteiger partial charge in [0.05, 0.1) is 10.4 Å². The third kappa shape index (κ3) is 5.43. The summed E-state index contributed by atoms with van der Waals surface area (Å²) in [4.78, 5) is 11.6. The average Bonchev–Trinajstić information content (AvgIpc) is 3.17. The molecule has 0 amide bonds. The normalized spacial score (nSPS) is 12.1. The molecule has 3 rings (SSSR count). The van der Waals surface area contributed by atoms with E-state index in [1.807, 2.05) is 0 Å². The molecule has 0 bridgehead atoms. The standard InChI is InChI=1S/C17H14F3N3O4S2/c18-17(19,20)11-2-1-3-12(10-11)27-9-8-21-29(25,26)16-7-5-14(28-16)13-4-6-15(24)23-22-13/h1-7,10,21H,8-9H2,(H,23,24). The van der Waals surface area contributed by atoms with E-state index in [9.17, 15) is 26.4 Å². The summed E-state index contributed by atoms with van der Waals surface area (Å²) >= 11 is 0.957. The molecule has 0 fully saturated rings. The highest BCUT2D eigenvalue weighted by Crippen LogP contribution is 2.31. The van der Waals surface area contributed by atoms with Crippen LogP contribution in [0.25, 0.3) is 10.6 Å². The molecular weight excluding hydrogens is 431 g/mol. The minimum Gasteiger partial charge on any atom is -0.492 e. The number of aromatic nitrogens is 2. The topological polar surface area (TPSA) is 101 Å². The molecule has 0 unspecified atom stereocenters. The van der Waals surface area contributed by atoms with E-state index < -0.39 is 21.8 Å². The molecule has 0 saturated carbocycles. The van der Waals surface area contributed by atoms with E-state index in [0.717, 1.165) is 23.5 Å². The summed E-state index contributed by atoms with van der Waals surface area (Å²) < 4.78 is 70.3. The van der Waals surface area contributed by atoms with Crippen molar-refractivity contribution in [3.05, 3.63) is 64.4 Å². The van der Waals surface area contributed by atoms with Gasteiger partial charge in [-0.05, 0) is 36.4 Å². The molecule has 12 heteroatoms. The lowest BCUT2D eigenvalue weighted by molar-refractivity contribution is -0.137. The average molecular weight is 445 g/mol. The Kier molecular flexibility index (Phi) is 6.05. The van der Waals surface area contributed by atoms with Gasteiger partial charge in [0.1, 0.15) is 22.3 Å². The van der Waals surface area contributed by atoms with Crippen LogP contribution < -0.4 is 15.0 Å². The van der Waals surface area contributed by atoms with Crippen LogP contribution in [0, 0.1) is 0 Å². The van der Waals surface area contributed by atoms with Crippen molar-refractivity contribution >= 4 is 21.4 Å². The van der Waals surface area contributed by atoms with Gasteiger partial charge < -0.3 is 4.74 Å². The zero-order valence-corrected chi connectivity index (χ0v) is 16.2. The molecule has 0 aliphatic heterocycles. The summed E-state index contributed by atoms with van der Waals surface area (Å²) in [5.41, 5.74) is -0.804. The predicted octanol–water partition coefficient (Wildman–Crippen LogP) is 2.87. The van der Waals surface area contributed by atoms with E-state index in [1.54, 1.807) is 6.07 Å². The molecule has 29 heavy (non-hydrogen) atoms. The molecule has 7 nitrogen and oxygen atoms in total. The maximum absolute atomic E-state index is 12.7. The van der Waals surface area contributed by atoms with Crippen LogP contribution in [0.5, 0.6) is 5.75 Å². The van der Waals surface area contributed by atoms with Crippen LogP contribution in [0.1, 0.15) is 5.56 Å². The van der Waals surface area contributed by atoms with Crippen LogP contribution in [0.15, 0.2) is 57.5 Å². The Labute approximate surface area is 167 Å². The number of rotatable bonds is 7. The largest absolute Gasteiger partial charge is 0.492 e. The van der Waals surface area contributed by atoms with E-state index in [1.165, 1.54) is 30.3 Å². The molecule has 0 aliphatic rings. The van der Waals surface area contributed by atoms with Crippen molar-refractivity contribution in [1.29, 1.82) is 0 Å². The third-order valence-corrected chi connectivity index (χ3v) is 6.66. The van der Waals surface area contributed by atoms with E-state index in [0.29, 0.717) is 10.6 Å². The Morgan fingerprint density at radius 3 is 2.62 bits per heavy atom. The number of aromatic amines is 1. The first-order chi connectivity index (χ1) is 13.6. The van der Waals surface area contributed by atoms with Gasteiger partial charge in [0, 0.05) is 12.6 Å². The van der Waals surface area contributed by atoms with Crippen LogP contribution in [0.2, 0.25) is 0 Å². The molecule has 0 radical (unpaired) electrons. The second-order valence-corrected chi connectivity index (χ2v) is 8.77. The fourth-order valence-corrected chi connectivity index (χ4v) is 4.60. The molecule has 0 atom stereocenters. The number of alkyl halides is 3. The summed E-state index contributed by atoms with van der Waals surface area (Å²) in [5, 5.41) is 6.10. The predicted molar refractivity (Wildman–Crippen MR) is 100 cm³/mol. The van der Waals surface area contributed by atoms with Crippen LogP contribution in [-0.4, -0.2) is 31.8 Å². The number of ether oxygens (including phenoxy) is 1. The van der Waals surface area contributed by atoms with E-state index >= 15 is 0 Å². The summed E-state index contributed by atoms with van der Waals surface area (Å²) in [7, 11) is -3.83. The lowest BCUT2D eigenvalue weighted by Gasteiger charge is -2.10. The second kappa shape index (κ2) is 8.35. The zero-order chi connectivity index (χ0) is 21.1. The summed E-state index contributed by atoms with van der Waals surface area (Å²) in [6.07, 6.45) is -4.49. The Morgan fingerprint density at radius 2 is 1.93 bits per heavy atom. The van der Waals surface area contributed by atoms with E-state index in [2.05, 4.69) is 14.9 Å². The molecule has 0 aliphatic carbocycles. The van der Waals surface area contributed by atoms with E-state index in [4.69, 9.17) is 4.74 Å². The van der Waals surface area contributed by atoms with Crippen LogP contribution >= 0.6 is 11.3 Å². The Bertz CT molecular complexity index is 1140. The van der Waals surface area contributed by atoms with Crippen molar-refractivity contribution in [3.8, 4) is 16.3 Å². The molecule has 2 N–H and O–H groups in total. The van der Waals surface area contributed by atoms with Gasteiger partial charge in [0.15, 0.2) is 0 Å². The monoisotopic (exact) mass is 445 g/mol. The first-order valence-corrected chi connectivity index (χ1v) is 10.4. The number of H-pyrrole nitrogens is 1. The molecule has 1 aromatic carbocycles. The molecule has 0 spiro atoms.